The number of aryl methyl sites for hydroxylation is 1. The van der Waals surface area contributed by atoms with E-state index < -0.39 is 0 Å². The molecule has 2 aliphatic rings. The fourth-order valence-electron chi connectivity index (χ4n) is 3.85. The molecule has 0 saturated heterocycles. The van der Waals surface area contributed by atoms with Crippen LogP contribution in [0.25, 0.3) is 0 Å². The van der Waals surface area contributed by atoms with Crippen LogP contribution in [0.2, 0.25) is 0 Å². The highest BCUT2D eigenvalue weighted by Gasteiger charge is 2.25. The van der Waals surface area contributed by atoms with E-state index in [1.54, 1.807) is 0 Å². The van der Waals surface area contributed by atoms with Gasteiger partial charge in [0.2, 0.25) is 0 Å². The lowest BCUT2D eigenvalue weighted by atomic mass is 9.87. The van der Waals surface area contributed by atoms with Crippen molar-refractivity contribution in [2.75, 3.05) is 13.2 Å². The number of para-hydroxylation sites is 1. The van der Waals surface area contributed by atoms with Gasteiger partial charge in [0.1, 0.15) is 5.75 Å². The average molecular weight is 273 g/mol. The summed E-state index contributed by atoms with van der Waals surface area (Å²) < 4.78 is 6.02. The Morgan fingerprint density at radius 1 is 1.20 bits per heavy atom. The predicted molar refractivity (Wildman–Crippen MR) is 83.5 cm³/mol. The topological polar surface area (TPSA) is 21.3 Å². The van der Waals surface area contributed by atoms with Gasteiger partial charge in [-0.1, -0.05) is 38.0 Å². The fourth-order valence-corrected chi connectivity index (χ4v) is 3.85. The molecular formula is C18H27NO. The fraction of sp³-hybridized carbons (Fsp3) is 0.667. The summed E-state index contributed by atoms with van der Waals surface area (Å²) in [6, 6.07) is 7.47. The number of fused-ring (bicyclic) bond motifs is 1. The monoisotopic (exact) mass is 273 g/mol. The molecule has 1 aliphatic heterocycles. The van der Waals surface area contributed by atoms with Crippen LogP contribution < -0.4 is 10.1 Å². The molecule has 0 amide bonds. The van der Waals surface area contributed by atoms with Crippen molar-refractivity contribution in [1.29, 1.82) is 0 Å². The maximum atomic E-state index is 6.02. The number of ether oxygens (including phenoxy) is 1. The molecule has 3 rings (SSSR count). The third kappa shape index (κ3) is 3.01. The number of hydrogen-bond donors (Lipinski definition) is 1. The molecule has 0 aromatic heterocycles. The van der Waals surface area contributed by atoms with Gasteiger partial charge >= 0.3 is 0 Å². The van der Waals surface area contributed by atoms with Gasteiger partial charge in [-0.25, -0.2) is 0 Å². The molecule has 1 aromatic rings. The van der Waals surface area contributed by atoms with E-state index in [0.717, 1.165) is 13.2 Å². The van der Waals surface area contributed by atoms with Crippen LogP contribution in [0.4, 0.5) is 0 Å². The van der Waals surface area contributed by atoms with E-state index in [4.69, 9.17) is 4.74 Å². The largest absolute Gasteiger partial charge is 0.493 e. The molecule has 2 atom stereocenters. The third-order valence-electron chi connectivity index (χ3n) is 4.82. The van der Waals surface area contributed by atoms with Gasteiger partial charge < -0.3 is 10.1 Å². The van der Waals surface area contributed by atoms with Crippen molar-refractivity contribution >= 4 is 0 Å². The van der Waals surface area contributed by atoms with Crippen LogP contribution >= 0.6 is 0 Å². The molecule has 0 spiro atoms. The van der Waals surface area contributed by atoms with Crippen LogP contribution in [0.3, 0.4) is 0 Å². The molecule has 1 aliphatic carbocycles. The number of rotatable bonds is 3. The van der Waals surface area contributed by atoms with E-state index in [2.05, 4.69) is 30.4 Å². The van der Waals surface area contributed by atoms with Gasteiger partial charge in [0.25, 0.3) is 0 Å². The Kier molecular flexibility index (Phi) is 4.62. The van der Waals surface area contributed by atoms with Crippen LogP contribution in [0.5, 0.6) is 5.75 Å². The summed E-state index contributed by atoms with van der Waals surface area (Å²) in [5.74, 6) is 1.90. The average Bonchev–Trinajstić information content (AvgIpc) is 2.73. The second kappa shape index (κ2) is 6.62. The molecule has 1 N–H and O–H groups in total. The third-order valence-corrected chi connectivity index (χ3v) is 4.82. The summed E-state index contributed by atoms with van der Waals surface area (Å²) in [4.78, 5) is 0. The molecule has 1 heterocycles. The smallest absolute Gasteiger partial charge is 0.125 e. The summed E-state index contributed by atoms with van der Waals surface area (Å²) >= 11 is 0. The number of benzene rings is 1. The zero-order valence-electron chi connectivity index (χ0n) is 12.7. The second-order valence-corrected chi connectivity index (χ2v) is 6.26. The van der Waals surface area contributed by atoms with Gasteiger partial charge in [0.15, 0.2) is 0 Å². The van der Waals surface area contributed by atoms with Gasteiger partial charge in [0, 0.05) is 6.04 Å². The van der Waals surface area contributed by atoms with Crippen molar-refractivity contribution in [2.45, 2.75) is 63.8 Å². The van der Waals surface area contributed by atoms with Gasteiger partial charge in [-0.3, -0.25) is 0 Å². The van der Waals surface area contributed by atoms with Crippen molar-refractivity contribution in [2.24, 2.45) is 0 Å². The molecule has 1 aromatic carbocycles. The van der Waals surface area contributed by atoms with Crippen molar-refractivity contribution in [1.82, 2.24) is 5.32 Å². The minimum atomic E-state index is 0.676. The molecule has 2 nitrogen and oxygen atoms in total. The Labute approximate surface area is 122 Å². The highest BCUT2D eigenvalue weighted by atomic mass is 16.5. The first kappa shape index (κ1) is 13.9. The van der Waals surface area contributed by atoms with E-state index >= 15 is 0 Å². The van der Waals surface area contributed by atoms with Gasteiger partial charge in [-0.15, -0.1) is 0 Å². The molecule has 1 saturated carbocycles. The molecule has 0 bridgehead atoms. The lowest BCUT2D eigenvalue weighted by molar-refractivity contribution is 0.281. The van der Waals surface area contributed by atoms with Crippen molar-refractivity contribution in [3.63, 3.8) is 0 Å². The standard InChI is InChI=1S/C18H27NO/c1-2-19-16-10-4-3-7-15(13-16)17-11-5-8-14-9-6-12-20-18(14)17/h5,8,11,15-16,19H,2-4,6-7,9-10,12-13H2,1H3. The van der Waals surface area contributed by atoms with Crippen molar-refractivity contribution in [3.05, 3.63) is 29.3 Å². The van der Waals surface area contributed by atoms with Gasteiger partial charge in [-0.2, -0.15) is 0 Å². The zero-order chi connectivity index (χ0) is 13.8. The first-order chi connectivity index (χ1) is 9.88. The highest BCUT2D eigenvalue weighted by Crippen LogP contribution is 2.39. The minimum Gasteiger partial charge on any atom is -0.493 e. The van der Waals surface area contributed by atoms with E-state index in [0.29, 0.717) is 12.0 Å². The first-order valence-electron chi connectivity index (χ1n) is 8.36. The molecular weight excluding hydrogens is 246 g/mol. The molecule has 20 heavy (non-hydrogen) atoms. The number of nitrogens with one attached hydrogen (secondary N) is 1. The van der Waals surface area contributed by atoms with E-state index in [1.165, 1.54) is 61.8 Å². The molecule has 2 heteroatoms. The lowest BCUT2D eigenvalue weighted by Gasteiger charge is -2.26. The highest BCUT2D eigenvalue weighted by molar-refractivity contribution is 5.44. The van der Waals surface area contributed by atoms with Gasteiger partial charge in [-0.05, 0) is 55.7 Å². The van der Waals surface area contributed by atoms with Crippen LogP contribution in [-0.4, -0.2) is 19.2 Å². The van der Waals surface area contributed by atoms with Crippen molar-refractivity contribution in [3.8, 4) is 5.75 Å². The molecule has 1 fully saturated rings. The van der Waals surface area contributed by atoms with Gasteiger partial charge in [0.05, 0.1) is 6.61 Å². The lowest BCUT2D eigenvalue weighted by Crippen LogP contribution is -2.29. The van der Waals surface area contributed by atoms with Crippen LogP contribution in [-0.2, 0) is 6.42 Å². The maximum absolute atomic E-state index is 6.02. The van der Waals surface area contributed by atoms with E-state index in [1.807, 2.05) is 0 Å². The summed E-state index contributed by atoms with van der Waals surface area (Å²) in [6.45, 7) is 4.20. The summed E-state index contributed by atoms with van der Waals surface area (Å²) in [6.07, 6.45) is 9.00. The van der Waals surface area contributed by atoms with Crippen LogP contribution in [0.1, 0.15) is 62.5 Å². The second-order valence-electron chi connectivity index (χ2n) is 6.26. The van der Waals surface area contributed by atoms with Crippen LogP contribution in [0.15, 0.2) is 18.2 Å². The quantitative estimate of drug-likeness (QED) is 0.839. The Balaban J connectivity index is 1.83. The summed E-state index contributed by atoms with van der Waals surface area (Å²) in [5.41, 5.74) is 2.91. The summed E-state index contributed by atoms with van der Waals surface area (Å²) in [5, 5.41) is 3.66. The Bertz CT molecular complexity index is 443. The van der Waals surface area contributed by atoms with E-state index in [-0.39, 0.29) is 0 Å². The summed E-state index contributed by atoms with van der Waals surface area (Å²) in [7, 11) is 0. The number of hydrogen-bond acceptors (Lipinski definition) is 2. The maximum Gasteiger partial charge on any atom is 0.125 e. The zero-order valence-corrected chi connectivity index (χ0v) is 12.7. The minimum absolute atomic E-state index is 0.676. The van der Waals surface area contributed by atoms with Crippen LogP contribution in [0, 0.1) is 0 Å². The Hall–Kier alpha value is -1.02. The molecule has 0 radical (unpaired) electrons. The first-order valence-corrected chi connectivity index (χ1v) is 8.36. The molecule has 2 unspecified atom stereocenters. The van der Waals surface area contributed by atoms with Crippen molar-refractivity contribution < 1.29 is 4.74 Å². The SMILES string of the molecule is CCNC1CCCCC(c2cccc3c2OCCC3)C1. The molecule has 110 valence electrons. The van der Waals surface area contributed by atoms with E-state index in [9.17, 15) is 0 Å². The Morgan fingerprint density at radius 2 is 2.10 bits per heavy atom. The predicted octanol–water partition coefficient (Wildman–Crippen LogP) is 4.04. The normalized spacial score (nSPS) is 26.4. The Morgan fingerprint density at radius 3 is 3.00 bits per heavy atom.